The second-order valence-electron chi connectivity index (χ2n) is 2.19. The largest absolute Gasteiger partial charge is 0.493 e. The number of ether oxygens (including phenoxy) is 2. The van der Waals surface area contributed by atoms with E-state index >= 15 is 0 Å². The molecule has 1 rings (SSSR count). The van der Waals surface area contributed by atoms with Crippen molar-refractivity contribution in [1.29, 1.82) is 0 Å². The molecule has 0 bridgehead atoms. The molecule has 0 aliphatic heterocycles. The lowest BCUT2D eigenvalue weighted by molar-refractivity contribution is 0.314. The molecular weight excluding hydrogens is 220 g/mol. The maximum atomic E-state index is 5.41. The first-order chi connectivity index (χ1) is 5.88. The molecular formula is C9H11BrO2. The lowest BCUT2D eigenvalue weighted by Gasteiger charge is -2.08. The van der Waals surface area contributed by atoms with Crippen LogP contribution in [-0.4, -0.2) is 19.0 Å². The number of hydrogen-bond donors (Lipinski definition) is 0. The van der Waals surface area contributed by atoms with Crippen molar-refractivity contribution in [2.24, 2.45) is 0 Å². The molecule has 66 valence electrons. The molecule has 0 spiro atoms. The SMILES string of the molecule is COc1ccccc1OCCBr. The first kappa shape index (κ1) is 9.39. The zero-order valence-corrected chi connectivity index (χ0v) is 8.50. The monoisotopic (exact) mass is 230 g/mol. The van der Waals surface area contributed by atoms with E-state index in [1.165, 1.54) is 0 Å². The van der Waals surface area contributed by atoms with E-state index in [0.29, 0.717) is 6.61 Å². The Bertz CT molecular complexity index is 238. The Balaban J connectivity index is 2.68. The fourth-order valence-corrected chi connectivity index (χ4v) is 1.05. The second kappa shape index (κ2) is 5.04. The molecule has 0 aliphatic carbocycles. The lowest BCUT2D eigenvalue weighted by atomic mass is 10.3. The highest BCUT2D eigenvalue weighted by Crippen LogP contribution is 2.25. The number of hydrogen-bond acceptors (Lipinski definition) is 2. The van der Waals surface area contributed by atoms with Gasteiger partial charge >= 0.3 is 0 Å². The third-order valence-electron chi connectivity index (χ3n) is 1.40. The van der Waals surface area contributed by atoms with E-state index in [4.69, 9.17) is 9.47 Å². The van der Waals surface area contributed by atoms with E-state index in [1.54, 1.807) is 7.11 Å². The second-order valence-corrected chi connectivity index (χ2v) is 2.98. The lowest BCUT2D eigenvalue weighted by Crippen LogP contribution is -1.99. The third-order valence-corrected chi connectivity index (χ3v) is 1.73. The van der Waals surface area contributed by atoms with E-state index < -0.39 is 0 Å². The average molecular weight is 231 g/mol. The summed E-state index contributed by atoms with van der Waals surface area (Å²) < 4.78 is 10.5. The molecule has 1 aromatic rings. The average Bonchev–Trinajstić information content (AvgIpc) is 2.15. The number of methoxy groups -OCH3 is 1. The van der Waals surface area contributed by atoms with E-state index in [-0.39, 0.29) is 0 Å². The van der Waals surface area contributed by atoms with Gasteiger partial charge in [-0.2, -0.15) is 0 Å². The van der Waals surface area contributed by atoms with Gasteiger partial charge in [0.15, 0.2) is 11.5 Å². The van der Waals surface area contributed by atoms with Crippen molar-refractivity contribution in [3.8, 4) is 11.5 Å². The first-order valence-corrected chi connectivity index (χ1v) is 4.82. The molecule has 0 saturated heterocycles. The Morgan fingerprint density at radius 2 is 1.92 bits per heavy atom. The number of halogens is 1. The minimum atomic E-state index is 0.653. The van der Waals surface area contributed by atoms with Crippen LogP contribution in [0.5, 0.6) is 11.5 Å². The van der Waals surface area contributed by atoms with Crippen LogP contribution in [0.2, 0.25) is 0 Å². The van der Waals surface area contributed by atoms with Gasteiger partial charge in [-0.3, -0.25) is 0 Å². The highest BCUT2D eigenvalue weighted by molar-refractivity contribution is 9.09. The van der Waals surface area contributed by atoms with Gasteiger partial charge in [-0.25, -0.2) is 0 Å². The van der Waals surface area contributed by atoms with Gasteiger partial charge in [-0.15, -0.1) is 0 Å². The van der Waals surface area contributed by atoms with Crippen LogP contribution in [0.3, 0.4) is 0 Å². The van der Waals surface area contributed by atoms with Crippen molar-refractivity contribution < 1.29 is 9.47 Å². The van der Waals surface area contributed by atoms with E-state index in [2.05, 4.69) is 15.9 Å². The molecule has 0 N–H and O–H groups in total. The summed E-state index contributed by atoms with van der Waals surface area (Å²) in [5.74, 6) is 1.57. The van der Waals surface area contributed by atoms with Gasteiger partial charge in [-0.1, -0.05) is 28.1 Å². The van der Waals surface area contributed by atoms with Crippen LogP contribution in [0.25, 0.3) is 0 Å². The highest BCUT2D eigenvalue weighted by Gasteiger charge is 2.00. The molecule has 0 heterocycles. The Morgan fingerprint density at radius 3 is 2.50 bits per heavy atom. The van der Waals surface area contributed by atoms with E-state index in [9.17, 15) is 0 Å². The van der Waals surface area contributed by atoms with Gasteiger partial charge in [0, 0.05) is 5.33 Å². The predicted molar refractivity (Wildman–Crippen MR) is 52.3 cm³/mol. The van der Waals surface area contributed by atoms with Crippen LogP contribution >= 0.6 is 15.9 Å². The molecule has 2 nitrogen and oxygen atoms in total. The number of alkyl halides is 1. The highest BCUT2D eigenvalue weighted by atomic mass is 79.9. The molecule has 12 heavy (non-hydrogen) atoms. The summed E-state index contributed by atoms with van der Waals surface area (Å²) in [7, 11) is 1.64. The summed E-state index contributed by atoms with van der Waals surface area (Å²) in [6, 6.07) is 7.61. The Kier molecular flexibility index (Phi) is 3.94. The molecule has 0 fully saturated rings. The third kappa shape index (κ3) is 2.41. The summed E-state index contributed by atoms with van der Waals surface area (Å²) in [6.07, 6.45) is 0. The molecule has 0 aliphatic rings. The number of rotatable bonds is 4. The van der Waals surface area contributed by atoms with Crippen LogP contribution in [-0.2, 0) is 0 Å². The smallest absolute Gasteiger partial charge is 0.161 e. The molecule has 0 saturated carbocycles. The normalized spacial score (nSPS) is 9.50. The van der Waals surface area contributed by atoms with Gasteiger partial charge in [0.25, 0.3) is 0 Å². The van der Waals surface area contributed by atoms with Gasteiger partial charge in [-0.05, 0) is 12.1 Å². The fraction of sp³-hybridized carbons (Fsp3) is 0.333. The minimum Gasteiger partial charge on any atom is -0.493 e. The molecule has 0 amide bonds. The standard InChI is InChI=1S/C9H11BrO2/c1-11-8-4-2-3-5-9(8)12-7-6-10/h2-5H,6-7H2,1H3. The first-order valence-electron chi connectivity index (χ1n) is 3.70. The molecule has 3 heteroatoms. The molecule has 1 aromatic carbocycles. The number of benzene rings is 1. The van der Waals surface area contributed by atoms with Gasteiger partial charge in [0.05, 0.1) is 13.7 Å². The van der Waals surface area contributed by atoms with E-state index in [1.807, 2.05) is 24.3 Å². The van der Waals surface area contributed by atoms with Crippen molar-refractivity contribution in [2.75, 3.05) is 19.0 Å². The maximum absolute atomic E-state index is 5.41. The van der Waals surface area contributed by atoms with Crippen molar-refractivity contribution in [2.45, 2.75) is 0 Å². The van der Waals surface area contributed by atoms with Crippen molar-refractivity contribution >= 4 is 15.9 Å². The molecule has 0 unspecified atom stereocenters. The fourth-order valence-electron chi connectivity index (χ4n) is 0.887. The van der Waals surface area contributed by atoms with Crippen LogP contribution in [0, 0.1) is 0 Å². The summed E-state index contributed by atoms with van der Waals surface area (Å²) in [5.41, 5.74) is 0. The van der Waals surface area contributed by atoms with Crippen molar-refractivity contribution in [3.05, 3.63) is 24.3 Å². The van der Waals surface area contributed by atoms with Crippen LogP contribution in [0.15, 0.2) is 24.3 Å². The molecule has 0 radical (unpaired) electrons. The van der Waals surface area contributed by atoms with Crippen LogP contribution < -0.4 is 9.47 Å². The van der Waals surface area contributed by atoms with Crippen molar-refractivity contribution in [3.63, 3.8) is 0 Å². The predicted octanol–water partition coefficient (Wildman–Crippen LogP) is 2.47. The quantitative estimate of drug-likeness (QED) is 0.741. The van der Waals surface area contributed by atoms with Gasteiger partial charge in [0.1, 0.15) is 0 Å². The molecule has 0 atom stereocenters. The maximum Gasteiger partial charge on any atom is 0.161 e. The summed E-state index contributed by atoms with van der Waals surface area (Å²) in [5, 5.41) is 0.824. The summed E-state index contributed by atoms with van der Waals surface area (Å²) >= 11 is 3.29. The summed E-state index contributed by atoms with van der Waals surface area (Å²) in [6.45, 7) is 0.653. The van der Waals surface area contributed by atoms with E-state index in [0.717, 1.165) is 16.8 Å². The zero-order valence-electron chi connectivity index (χ0n) is 6.92. The van der Waals surface area contributed by atoms with Crippen LogP contribution in [0.4, 0.5) is 0 Å². The van der Waals surface area contributed by atoms with Crippen molar-refractivity contribution in [1.82, 2.24) is 0 Å². The number of para-hydroxylation sites is 2. The Labute approximate surface area is 80.6 Å². The topological polar surface area (TPSA) is 18.5 Å². The minimum absolute atomic E-state index is 0.653. The zero-order chi connectivity index (χ0) is 8.81. The van der Waals surface area contributed by atoms with Crippen LogP contribution in [0.1, 0.15) is 0 Å². The Hall–Kier alpha value is -0.700. The molecule has 0 aromatic heterocycles. The van der Waals surface area contributed by atoms with Gasteiger partial charge < -0.3 is 9.47 Å². The summed E-state index contributed by atoms with van der Waals surface area (Å²) in [4.78, 5) is 0. The van der Waals surface area contributed by atoms with Gasteiger partial charge in [0.2, 0.25) is 0 Å². The Morgan fingerprint density at radius 1 is 1.25 bits per heavy atom.